The average Bonchev–Trinajstić information content (AvgIpc) is 3.97. The summed E-state index contributed by atoms with van der Waals surface area (Å²) in [6.45, 7) is 4.17. The molecule has 0 bridgehead atoms. The minimum absolute atomic E-state index is 0.0622. The maximum absolute atomic E-state index is 14.5. The van der Waals surface area contributed by atoms with E-state index < -0.39 is 66.6 Å². The first-order valence-corrected chi connectivity index (χ1v) is 25.8. The van der Waals surface area contributed by atoms with Crippen LogP contribution in [-0.4, -0.2) is 148 Å². The third-order valence-electron chi connectivity index (χ3n) is 13.7. The molecule has 72 heavy (non-hydrogen) atoms. The second-order valence-electron chi connectivity index (χ2n) is 18.9. The zero-order valence-electron chi connectivity index (χ0n) is 39.5. The van der Waals surface area contributed by atoms with E-state index in [4.69, 9.17) is 22.1 Å². The summed E-state index contributed by atoms with van der Waals surface area (Å²) in [5.41, 5.74) is 2.98. The molecule has 5 heterocycles. The van der Waals surface area contributed by atoms with Crippen LogP contribution in [-0.2, 0) is 40.7 Å². The Morgan fingerprint density at radius 2 is 1.71 bits per heavy atom. The number of primary amides is 1. The van der Waals surface area contributed by atoms with Gasteiger partial charge in [-0.15, -0.1) is 0 Å². The van der Waals surface area contributed by atoms with Crippen molar-refractivity contribution < 1.29 is 56.6 Å². The Morgan fingerprint density at radius 1 is 0.958 bits per heavy atom. The fourth-order valence-electron chi connectivity index (χ4n) is 9.74. The van der Waals surface area contributed by atoms with Gasteiger partial charge in [-0.05, 0) is 93.7 Å². The minimum Gasteiger partial charge on any atom is -0.490 e. The molecule has 24 heteroatoms. The van der Waals surface area contributed by atoms with Crippen LogP contribution in [0.1, 0.15) is 66.6 Å². The molecule has 0 saturated carbocycles. The zero-order valence-corrected chi connectivity index (χ0v) is 41.1. The van der Waals surface area contributed by atoms with Crippen LogP contribution in [0.4, 0.5) is 20.2 Å². The van der Waals surface area contributed by atoms with Crippen molar-refractivity contribution in [3.8, 4) is 5.75 Å². The number of aromatic amines is 1. The lowest BCUT2D eigenvalue weighted by atomic mass is 10.1. The molecule has 1 unspecified atom stereocenters. The highest BCUT2D eigenvalue weighted by atomic mass is 35.5. The molecule has 4 aromatic rings. The number of hydrogen-bond acceptors (Lipinski definition) is 12. The number of rotatable bonds is 17. The predicted octanol–water partition coefficient (Wildman–Crippen LogP) is 3.21. The topological polar surface area (TPSA) is 272 Å². The van der Waals surface area contributed by atoms with Crippen LogP contribution < -0.4 is 36.6 Å². The Labute approximate surface area is 418 Å². The van der Waals surface area contributed by atoms with Crippen molar-refractivity contribution in [3.63, 3.8) is 0 Å². The molecule has 0 spiro atoms. The number of H-pyrrole nitrogens is 1. The summed E-state index contributed by atoms with van der Waals surface area (Å²) in [5, 5.41) is 11.8. The SMILES string of the molecule is CN1CC[C@H]2CC[C@@H](C(=O)N[C@@H](CCC(N)=O)COc3cccc(N4CCN(Cc5ccc(NC6CCC(=O)NC6=O)cc5)CC4)c3Cl)N2C(=O)[C@@H](NC(=O)c2cc3cc(C(F)(F)P(=O)(O)O)ccc3[nH]2)C1. The average molecular weight is 1040 g/mol. The van der Waals surface area contributed by atoms with Gasteiger partial charge in [-0.3, -0.25) is 43.5 Å². The van der Waals surface area contributed by atoms with Gasteiger partial charge in [0, 0.05) is 80.3 Å². The van der Waals surface area contributed by atoms with Gasteiger partial charge in [-0.1, -0.05) is 35.9 Å². The number of alkyl halides is 2. The van der Waals surface area contributed by atoms with E-state index >= 15 is 0 Å². The molecule has 20 nitrogen and oxygen atoms in total. The fraction of sp³-hybridized carbons (Fsp3) is 0.458. The Bertz CT molecular complexity index is 2750. The lowest BCUT2D eigenvalue weighted by Gasteiger charge is -2.38. The Hall–Kier alpha value is -6.16. The van der Waals surface area contributed by atoms with E-state index in [1.807, 2.05) is 41.3 Å². The molecule has 4 fully saturated rings. The van der Waals surface area contributed by atoms with E-state index in [2.05, 4.69) is 36.1 Å². The van der Waals surface area contributed by atoms with E-state index in [1.165, 1.54) is 17.0 Å². The molecule has 4 aliphatic rings. The standard InChI is InChI=1S/C48H58ClF2N10O10P/c1-58-18-17-33-11-14-39(61(33)47(67)37(26-58)56-45(65)36-24-29-23-30(7-12-34(29)55-36)48(50,51)72(68,69)70)46(66)54-32(10-15-41(52)62)27-71-40-4-2-3-38(43(40)49)60-21-19-59(20-22-60)25-28-5-8-31(9-6-28)53-35-13-16-42(63)57-44(35)64/h2-9,12,23-24,32-33,35,37,39,53,55H,10-11,13-22,25-27H2,1H3,(H2,52,62)(H,54,66)(H,56,65)(H,57,63,64)(H2,68,69,70)/t32-,33+,35?,37-,39-/m0/s1. The molecule has 3 aromatic carbocycles. The van der Waals surface area contributed by atoms with Gasteiger partial charge in [0.25, 0.3) is 5.91 Å². The number of piperazine rings is 1. The van der Waals surface area contributed by atoms with Crippen LogP contribution in [0, 0.1) is 0 Å². The summed E-state index contributed by atoms with van der Waals surface area (Å²) in [7, 11) is -4.04. The van der Waals surface area contributed by atoms with Crippen molar-refractivity contribution >= 4 is 76.9 Å². The summed E-state index contributed by atoms with van der Waals surface area (Å²) >= 11 is 6.99. The molecule has 4 aliphatic heterocycles. The highest BCUT2D eigenvalue weighted by Gasteiger charge is 2.50. The van der Waals surface area contributed by atoms with E-state index in [1.54, 1.807) is 13.1 Å². The van der Waals surface area contributed by atoms with Gasteiger partial charge in [0.15, 0.2) is 0 Å². The van der Waals surface area contributed by atoms with Crippen LogP contribution in [0.5, 0.6) is 5.75 Å². The van der Waals surface area contributed by atoms with Crippen molar-refractivity contribution in [2.45, 2.75) is 87.4 Å². The van der Waals surface area contributed by atoms with Gasteiger partial charge in [-0.2, -0.15) is 8.78 Å². The van der Waals surface area contributed by atoms with Crippen molar-refractivity contribution in [1.82, 2.24) is 35.6 Å². The van der Waals surface area contributed by atoms with Crippen molar-refractivity contribution in [2.75, 3.05) is 63.1 Å². The number of nitrogens with one attached hydrogen (secondary N) is 5. The number of benzene rings is 3. The van der Waals surface area contributed by atoms with Crippen molar-refractivity contribution in [2.24, 2.45) is 5.73 Å². The number of ether oxygens (including phenoxy) is 1. The van der Waals surface area contributed by atoms with Crippen molar-refractivity contribution in [1.29, 1.82) is 0 Å². The number of amides is 6. The number of nitrogens with two attached hydrogens (primary N) is 1. The lowest BCUT2D eigenvalue weighted by molar-refractivity contribution is -0.143. The van der Waals surface area contributed by atoms with Gasteiger partial charge >= 0.3 is 13.3 Å². The Morgan fingerprint density at radius 3 is 2.42 bits per heavy atom. The summed E-state index contributed by atoms with van der Waals surface area (Å²) in [6, 6.07) is 13.9. The second-order valence-corrected chi connectivity index (χ2v) is 20.9. The monoisotopic (exact) mass is 1040 g/mol. The Balaban J connectivity index is 0.876. The first-order chi connectivity index (χ1) is 34.2. The number of halogens is 3. The number of piperidine rings is 1. The number of carbonyl (C=O) groups is 6. The molecular formula is C48H58ClF2N10O10P. The van der Waals surface area contributed by atoms with E-state index in [0.29, 0.717) is 62.5 Å². The lowest BCUT2D eigenvalue weighted by Crippen LogP contribution is -2.60. The molecule has 386 valence electrons. The molecule has 0 aliphatic carbocycles. The molecule has 8 rings (SSSR count). The number of fused-ring (bicyclic) bond motifs is 2. The Kier molecular flexibility index (Phi) is 15.9. The van der Waals surface area contributed by atoms with Crippen LogP contribution >= 0.6 is 19.2 Å². The zero-order chi connectivity index (χ0) is 51.5. The second kappa shape index (κ2) is 21.9. The maximum Gasteiger partial charge on any atom is 0.399 e. The predicted molar refractivity (Wildman–Crippen MR) is 262 cm³/mol. The molecule has 9 N–H and O–H groups in total. The van der Waals surface area contributed by atoms with Crippen molar-refractivity contribution in [3.05, 3.63) is 88.6 Å². The third kappa shape index (κ3) is 12.0. The van der Waals surface area contributed by atoms with Crippen LogP contribution in [0.15, 0.2) is 66.7 Å². The number of anilines is 2. The van der Waals surface area contributed by atoms with E-state index in [9.17, 15) is 51.9 Å². The quantitative estimate of drug-likeness (QED) is 0.0558. The highest BCUT2D eigenvalue weighted by Crippen LogP contribution is 2.59. The number of aromatic nitrogens is 1. The summed E-state index contributed by atoms with van der Waals surface area (Å²) in [6.07, 6.45) is 2.22. The summed E-state index contributed by atoms with van der Waals surface area (Å²) in [4.78, 5) is 107. The molecule has 1 aromatic heterocycles. The number of likely N-dealkylation sites (N-methyl/N-ethyl adjacent to an activating group) is 1. The molecule has 4 saturated heterocycles. The largest absolute Gasteiger partial charge is 0.490 e. The number of nitrogens with zero attached hydrogens (tertiary/aromatic N) is 4. The first-order valence-electron chi connectivity index (χ1n) is 23.8. The van der Waals surface area contributed by atoms with Gasteiger partial charge < -0.3 is 55.9 Å². The number of carbonyl (C=O) groups excluding carboxylic acids is 6. The molecule has 0 radical (unpaired) electrons. The van der Waals surface area contributed by atoms with E-state index in [0.717, 1.165) is 48.7 Å². The smallest absolute Gasteiger partial charge is 0.399 e. The molecular weight excluding hydrogens is 981 g/mol. The van der Waals surface area contributed by atoms with E-state index in [-0.39, 0.29) is 60.4 Å². The normalized spacial score (nSPS) is 21.9. The van der Waals surface area contributed by atoms with Crippen LogP contribution in [0.25, 0.3) is 10.9 Å². The first kappa shape index (κ1) is 52.2. The highest BCUT2D eigenvalue weighted by molar-refractivity contribution is 7.52. The van der Waals surface area contributed by atoms with Gasteiger partial charge in [0.05, 0.1) is 11.7 Å². The number of hydrogen-bond donors (Lipinski definition) is 8. The van der Waals surface area contributed by atoms with Gasteiger partial charge in [0.1, 0.15) is 41.2 Å². The summed E-state index contributed by atoms with van der Waals surface area (Å²) in [5.74, 6) is -2.50. The summed E-state index contributed by atoms with van der Waals surface area (Å²) < 4.78 is 46.7. The molecule has 5 atom stereocenters. The fourth-order valence-corrected chi connectivity index (χ4v) is 10.5. The van der Waals surface area contributed by atoms with Gasteiger partial charge in [0.2, 0.25) is 29.5 Å². The maximum atomic E-state index is 14.5. The molecule has 6 amide bonds. The van der Waals surface area contributed by atoms with Crippen LogP contribution in [0.2, 0.25) is 5.02 Å². The van der Waals surface area contributed by atoms with Crippen LogP contribution in [0.3, 0.4) is 0 Å². The minimum atomic E-state index is -5.84. The number of imide groups is 1. The van der Waals surface area contributed by atoms with Gasteiger partial charge in [-0.25, -0.2) is 0 Å². The third-order valence-corrected chi connectivity index (χ3v) is 15.1.